The number of thiophene rings is 1. The predicted molar refractivity (Wildman–Crippen MR) is 104 cm³/mol. The average Bonchev–Trinajstić information content (AvgIpc) is 2.93. The quantitative estimate of drug-likeness (QED) is 0.620. The maximum atomic E-state index is 12.2. The van der Waals surface area contributed by atoms with Gasteiger partial charge >= 0.3 is 0 Å². The van der Waals surface area contributed by atoms with Crippen LogP contribution in [0.2, 0.25) is 0 Å². The van der Waals surface area contributed by atoms with Crippen LogP contribution in [0, 0.1) is 13.8 Å². The number of nitrogens with zero attached hydrogens (tertiary/aromatic N) is 1. The van der Waals surface area contributed by atoms with Crippen LogP contribution in [-0.2, 0) is 11.2 Å². The summed E-state index contributed by atoms with van der Waals surface area (Å²) in [5.41, 5.74) is 7.89. The standard InChI is InChI=1S/C19H22N4O2S/c1-11-12(2)26-19-17(11)18(25)22-15(23-19)8-9-16(24)21-10-14(20)13-6-4-3-5-7-13/h3-7,14H,8-10,20H2,1-2H3,(H,21,24)(H,22,23,25). The van der Waals surface area contributed by atoms with Gasteiger partial charge in [-0.25, -0.2) is 4.98 Å². The Morgan fingerprint density at radius 1 is 1.31 bits per heavy atom. The van der Waals surface area contributed by atoms with Crippen molar-refractivity contribution in [3.05, 3.63) is 62.5 Å². The van der Waals surface area contributed by atoms with Crippen LogP contribution in [0.15, 0.2) is 35.1 Å². The lowest BCUT2D eigenvalue weighted by Crippen LogP contribution is -2.32. The number of benzene rings is 1. The minimum absolute atomic E-state index is 0.113. The fourth-order valence-electron chi connectivity index (χ4n) is 2.78. The van der Waals surface area contributed by atoms with Gasteiger partial charge in [0.05, 0.1) is 5.39 Å². The second-order valence-corrected chi connectivity index (χ2v) is 7.50. The highest BCUT2D eigenvalue weighted by atomic mass is 32.1. The summed E-state index contributed by atoms with van der Waals surface area (Å²) in [5.74, 6) is 0.420. The van der Waals surface area contributed by atoms with E-state index in [0.717, 1.165) is 20.8 Å². The van der Waals surface area contributed by atoms with Crippen LogP contribution in [-0.4, -0.2) is 22.4 Å². The number of amides is 1. The Balaban J connectivity index is 1.58. The van der Waals surface area contributed by atoms with Crippen LogP contribution < -0.4 is 16.6 Å². The van der Waals surface area contributed by atoms with Crippen molar-refractivity contribution in [2.75, 3.05) is 6.54 Å². The van der Waals surface area contributed by atoms with Gasteiger partial charge in [-0.15, -0.1) is 11.3 Å². The number of carbonyl (C=O) groups excluding carboxylic acids is 1. The third-order valence-electron chi connectivity index (χ3n) is 4.42. The first-order valence-electron chi connectivity index (χ1n) is 8.52. The Morgan fingerprint density at radius 2 is 2.04 bits per heavy atom. The molecule has 0 radical (unpaired) electrons. The molecule has 0 aliphatic rings. The number of carbonyl (C=O) groups is 1. The predicted octanol–water partition coefficient (Wildman–Crippen LogP) is 2.35. The molecule has 6 nitrogen and oxygen atoms in total. The number of aryl methyl sites for hydroxylation is 3. The molecule has 3 rings (SSSR count). The largest absolute Gasteiger partial charge is 0.354 e. The normalized spacial score (nSPS) is 12.3. The molecule has 0 spiro atoms. The van der Waals surface area contributed by atoms with Crippen LogP contribution in [0.5, 0.6) is 0 Å². The molecule has 2 heterocycles. The van der Waals surface area contributed by atoms with Crippen molar-refractivity contribution in [2.45, 2.75) is 32.7 Å². The van der Waals surface area contributed by atoms with Crippen molar-refractivity contribution < 1.29 is 4.79 Å². The molecule has 4 N–H and O–H groups in total. The highest BCUT2D eigenvalue weighted by Crippen LogP contribution is 2.25. The van der Waals surface area contributed by atoms with Crippen LogP contribution in [0.1, 0.15) is 34.3 Å². The number of aromatic nitrogens is 2. The Morgan fingerprint density at radius 3 is 2.77 bits per heavy atom. The fraction of sp³-hybridized carbons (Fsp3) is 0.316. The summed E-state index contributed by atoms with van der Waals surface area (Å²) in [5, 5.41) is 3.48. The van der Waals surface area contributed by atoms with E-state index in [-0.39, 0.29) is 23.9 Å². The molecule has 0 saturated heterocycles. The Hall–Kier alpha value is -2.51. The molecule has 7 heteroatoms. The molecule has 0 saturated carbocycles. The minimum atomic E-state index is -0.244. The molecule has 3 aromatic rings. The summed E-state index contributed by atoms with van der Waals surface area (Å²) >= 11 is 1.50. The number of H-pyrrole nitrogens is 1. The molecular formula is C19H22N4O2S. The van der Waals surface area contributed by atoms with Gasteiger partial charge in [-0.1, -0.05) is 30.3 Å². The van der Waals surface area contributed by atoms with E-state index < -0.39 is 0 Å². The van der Waals surface area contributed by atoms with Crippen molar-refractivity contribution in [2.24, 2.45) is 5.73 Å². The smallest absolute Gasteiger partial charge is 0.259 e. The lowest BCUT2D eigenvalue weighted by molar-refractivity contribution is -0.121. The second kappa shape index (κ2) is 7.80. The van der Waals surface area contributed by atoms with Crippen LogP contribution in [0.4, 0.5) is 0 Å². The number of aromatic amines is 1. The Bertz CT molecular complexity index is 978. The number of hydrogen-bond donors (Lipinski definition) is 3. The van der Waals surface area contributed by atoms with E-state index >= 15 is 0 Å². The highest BCUT2D eigenvalue weighted by molar-refractivity contribution is 7.18. The van der Waals surface area contributed by atoms with E-state index in [1.807, 2.05) is 44.2 Å². The number of rotatable bonds is 6. The van der Waals surface area contributed by atoms with Gasteiger partial charge in [-0.2, -0.15) is 0 Å². The fourth-order valence-corrected chi connectivity index (χ4v) is 3.83. The van der Waals surface area contributed by atoms with Gasteiger partial charge in [-0.3, -0.25) is 9.59 Å². The van der Waals surface area contributed by atoms with E-state index in [4.69, 9.17) is 5.73 Å². The van der Waals surface area contributed by atoms with E-state index in [2.05, 4.69) is 15.3 Å². The molecule has 1 amide bonds. The van der Waals surface area contributed by atoms with Crippen LogP contribution >= 0.6 is 11.3 Å². The highest BCUT2D eigenvalue weighted by Gasteiger charge is 2.13. The molecular weight excluding hydrogens is 348 g/mol. The van der Waals surface area contributed by atoms with E-state index in [9.17, 15) is 9.59 Å². The van der Waals surface area contributed by atoms with Crippen molar-refractivity contribution in [1.82, 2.24) is 15.3 Å². The second-order valence-electron chi connectivity index (χ2n) is 6.30. The number of fused-ring (bicyclic) bond motifs is 1. The van der Waals surface area contributed by atoms with Gasteiger partial charge < -0.3 is 16.0 Å². The summed E-state index contributed by atoms with van der Waals surface area (Å²) in [4.78, 5) is 33.4. The molecule has 0 aliphatic carbocycles. The van der Waals surface area contributed by atoms with Crippen molar-refractivity contribution in [3.63, 3.8) is 0 Å². The summed E-state index contributed by atoms with van der Waals surface area (Å²) in [6, 6.07) is 9.39. The van der Waals surface area contributed by atoms with E-state index in [0.29, 0.717) is 24.2 Å². The molecule has 0 aliphatic heterocycles. The summed E-state index contributed by atoms with van der Waals surface area (Å²) in [6.07, 6.45) is 0.632. The van der Waals surface area contributed by atoms with Crippen LogP contribution in [0.25, 0.3) is 10.2 Å². The lowest BCUT2D eigenvalue weighted by atomic mass is 10.1. The molecule has 2 aromatic heterocycles. The number of nitrogens with one attached hydrogen (secondary N) is 2. The molecule has 0 fully saturated rings. The molecule has 1 unspecified atom stereocenters. The number of hydrogen-bond acceptors (Lipinski definition) is 5. The van der Waals surface area contributed by atoms with Gasteiger partial charge in [0, 0.05) is 30.3 Å². The summed E-state index contributed by atoms with van der Waals surface area (Å²) in [7, 11) is 0. The van der Waals surface area contributed by atoms with Gasteiger partial charge in [0.2, 0.25) is 5.91 Å². The first-order valence-corrected chi connectivity index (χ1v) is 9.33. The maximum absolute atomic E-state index is 12.2. The molecule has 136 valence electrons. The Labute approximate surface area is 155 Å². The zero-order valence-corrected chi connectivity index (χ0v) is 15.7. The van der Waals surface area contributed by atoms with E-state index in [1.54, 1.807) is 0 Å². The zero-order chi connectivity index (χ0) is 18.7. The van der Waals surface area contributed by atoms with Crippen molar-refractivity contribution >= 4 is 27.5 Å². The molecule has 0 bridgehead atoms. The van der Waals surface area contributed by atoms with Crippen molar-refractivity contribution in [1.29, 1.82) is 0 Å². The summed E-state index contributed by atoms with van der Waals surface area (Å²) in [6.45, 7) is 4.27. The first-order chi connectivity index (χ1) is 12.5. The van der Waals surface area contributed by atoms with Gasteiger partial charge in [-0.05, 0) is 25.0 Å². The van der Waals surface area contributed by atoms with Gasteiger partial charge in [0.25, 0.3) is 5.56 Å². The zero-order valence-electron chi connectivity index (χ0n) is 14.8. The van der Waals surface area contributed by atoms with Gasteiger partial charge in [0.15, 0.2) is 0 Å². The summed E-state index contributed by atoms with van der Waals surface area (Å²) < 4.78 is 0. The van der Waals surface area contributed by atoms with Crippen LogP contribution in [0.3, 0.4) is 0 Å². The first kappa shape index (κ1) is 18.3. The minimum Gasteiger partial charge on any atom is -0.354 e. The molecule has 1 atom stereocenters. The third kappa shape index (κ3) is 4.00. The van der Waals surface area contributed by atoms with Crippen molar-refractivity contribution in [3.8, 4) is 0 Å². The van der Waals surface area contributed by atoms with E-state index in [1.165, 1.54) is 11.3 Å². The monoisotopic (exact) mass is 370 g/mol. The molecule has 26 heavy (non-hydrogen) atoms. The SMILES string of the molecule is Cc1sc2nc(CCC(=O)NCC(N)c3ccccc3)[nH]c(=O)c2c1C. The topological polar surface area (TPSA) is 101 Å². The molecule has 1 aromatic carbocycles. The van der Waals surface area contributed by atoms with Gasteiger partial charge in [0.1, 0.15) is 10.7 Å². The lowest BCUT2D eigenvalue weighted by Gasteiger charge is -2.13. The maximum Gasteiger partial charge on any atom is 0.259 e. The third-order valence-corrected chi connectivity index (χ3v) is 5.52. The Kier molecular flexibility index (Phi) is 5.49. The number of nitrogens with two attached hydrogens (primary N) is 1. The average molecular weight is 370 g/mol.